The quantitative estimate of drug-likeness (QED) is 0.413. The third kappa shape index (κ3) is 6.32. The van der Waals surface area contributed by atoms with Gasteiger partial charge in [-0.25, -0.2) is 5.43 Å². The molecule has 6 nitrogen and oxygen atoms in total. The highest BCUT2D eigenvalue weighted by molar-refractivity contribution is 9.10. The maximum Gasteiger partial charge on any atom is 0.269 e. The van der Waals surface area contributed by atoms with Gasteiger partial charge in [-0.05, 0) is 30.2 Å². The van der Waals surface area contributed by atoms with Crippen LogP contribution in [0.4, 0.5) is 5.69 Å². The smallest absolute Gasteiger partial charge is 0.269 e. The average Bonchev–Trinajstić information content (AvgIpc) is 2.60. The van der Waals surface area contributed by atoms with E-state index in [9.17, 15) is 14.9 Å². The first-order valence-electron chi connectivity index (χ1n) is 7.36. The highest BCUT2D eigenvalue weighted by Gasteiger charge is 2.05. The van der Waals surface area contributed by atoms with Gasteiger partial charge in [-0.2, -0.15) is 5.10 Å². The molecule has 2 aromatic rings. The van der Waals surface area contributed by atoms with E-state index in [4.69, 9.17) is 0 Å². The largest absolute Gasteiger partial charge is 0.272 e. The van der Waals surface area contributed by atoms with Crippen molar-refractivity contribution in [2.24, 2.45) is 5.10 Å². The lowest BCUT2D eigenvalue weighted by Crippen LogP contribution is -2.21. The predicted octanol–water partition coefficient (Wildman–Crippen LogP) is 4.13. The number of nitro benzene ring substituents is 1. The van der Waals surface area contributed by atoms with Crippen LogP contribution in [0.25, 0.3) is 0 Å². The van der Waals surface area contributed by atoms with Gasteiger partial charge in [0, 0.05) is 22.4 Å². The summed E-state index contributed by atoms with van der Waals surface area (Å²) in [6.45, 7) is 1.83. The van der Waals surface area contributed by atoms with Crippen LogP contribution in [0, 0.1) is 10.1 Å². The van der Waals surface area contributed by atoms with Crippen molar-refractivity contribution >= 4 is 45.0 Å². The van der Waals surface area contributed by atoms with E-state index in [-0.39, 0.29) is 17.3 Å². The highest BCUT2D eigenvalue weighted by atomic mass is 79.9. The Morgan fingerprint density at radius 3 is 2.44 bits per heavy atom. The molecule has 0 unspecified atom stereocenters. The minimum Gasteiger partial charge on any atom is -0.272 e. The number of rotatable bonds is 7. The first-order chi connectivity index (χ1) is 12.0. The summed E-state index contributed by atoms with van der Waals surface area (Å²) < 4.78 is 0.982. The molecular weight excluding hydrogens is 406 g/mol. The maximum absolute atomic E-state index is 11.8. The van der Waals surface area contributed by atoms with Crippen LogP contribution in [0.2, 0.25) is 0 Å². The summed E-state index contributed by atoms with van der Waals surface area (Å²) in [5.74, 6) is 0.665. The molecule has 0 aromatic heterocycles. The van der Waals surface area contributed by atoms with Gasteiger partial charge in [0.2, 0.25) is 5.91 Å². The summed E-state index contributed by atoms with van der Waals surface area (Å²) in [7, 11) is 0. The Morgan fingerprint density at radius 1 is 1.20 bits per heavy atom. The number of nitrogens with one attached hydrogen (secondary N) is 1. The fraction of sp³-hybridized carbons (Fsp3) is 0.176. The molecule has 130 valence electrons. The molecule has 0 aliphatic carbocycles. The molecule has 0 aliphatic rings. The number of non-ortho nitro benzene ring substituents is 1. The average molecular weight is 422 g/mol. The van der Waals surface area contributed by atoms with E-state index in [2.05, 4.69) is 26.5 Å². The van der Waals surface area contributed by atoms with Gasteiger partial charge in [-0.15, -0.1) is 11.8 Å². The molecule has 1 N–H and O–H groups in total. The lowest BCUT2D eigenvalue weighted by atomic mass is 10.1. The molecule has 0 saturated heterocycles. The van der Waals surface area contributed by atoms with Gasteiger partial charge in [0.25, 0.3) is 5.69 Å². The number of carbonyl (C=O) groups is 1. The lowest BCUT2D eigenvalue weighted by molar-refractivity contribution is -0.384. The second-order valence-corrected chi connectivity index (χ2v) is 7.06. The number of benzene rings is 2. The monoisotopic (exact) mass is 421 g/mol. The van der Waals surface area contributed by atoms with Gasteiger partial charge in [-0.1, -0.05) is 40.2 Å². The molecule has 0 aliphatic heterocycles. The Bertz CT molecular complexity index is 777. The normalized spacial score (nSPS) is 11.2. The van der Waals surface area contributed by atoms with Gasteiger partial charge in [0.15, 0.2) is 0 Å². The van der Waals surface area contributed by atoms with Crippen molar-refractivity contribution in [2.75, 3.05) is 5.75 Å². The number of hydrazone groups is 1. The van der Waals surface area contributed by atoms with Crippen LogP contribution in [0.15, 0.2) is 58.1 Å². The van der Waals surface area contributed by atoms with Gasteiger partial charge in [-0.3, -0.25) is 14.9 Å². The van der Waals surface area contributed by atoms with Crippen LogP contribution in [0.1, 0.15) is 18.1 Å². The van der Waals surface area contributed by atoms with E-state index >= 15 is 0 Å². The minimum atomic E-state index is -0.434. The summed E-state index contributed by atoms with van der Waals surface area (Å²) in [6, 6.07) is 14.0. The van der Waals surface area contributed by atoms with Crippen LogP contribution in [-0.2, 0) is 10.5 Å². The molecule has 0 saturated carbocycles. The fourth-order valence-electron chi connectivity index (χ4n) is 1.91. The van der Waals surface area contributed by atoms with Crippen molar-refractivity contribution in [1.82, 2.24) is 5.43 Å². The molecule has 1 amide bonds. The summed E-state index contributed by atoms with van der Waals surface area (Å²) in [4.78, 5) is 22.0. The van der Waals surface area contributed by atoms with Gasteiger partial charge >= 0.3 is 0 Å². The number of hydrogen-bond acceptors (Lipinski definition) is 5. The van der Waals surface area contributed by atoms with Crippen molar-refractivity contribution in [3.63, 3.8) is 0 Å². The standard InChI is InChI=1S/C17H16BrN3O3S/c1-12(14-4-6-15(18)7-5-14)19-20-17(22)11-25-10-13-2-8-16(9-3-13)21(23)24/h2-9H,10-11H2,1H3,(H,20,22). The zero-order valence-corrected chi connectivity index (χ0v) is 15.8. The Kier molecular flexibility index (Phi) is 7.15. The van der Waals surface area contributed by atoms with Gasteiger partial charge in [0.1, 0.15) is 0 Å². The first-order valence-corrected chi connectivity index (χ1v) is 9.30. The summed E-state index contributed by atoms with van der Waals surface area (Å²) in [5.41, 5.74) is 5.18. The van der Waals surface area contributed by atoms with E-state index in [1.54, 1.807) is 12.1 Å². The molecular formula is C17H16BrN3O3S. The van der Waals surface area contributed by atoms with Gasteiger partial charge < -0.3 is 0 Å². The van der Waals surface area contributed by atoms with Crippen LogP contribution >= 0.6 is 27.7 Å². The van der Waals surface area contributed by atoms with E-state index in [0.717, 1.165) is 21.3 Å². The van der Waals surface area contributed by atoms with Crippen molar-refractivity contribution in [3.05, 3.63) is 74.2 Å². The molecule has 0 atom stereocenters. The number of amides is 1. The van der Waals surface area contributed by atoms with E-state index in [1.807, 2.05) is 31.2 Å². The molecule has 25 heavy (non-hydrogen) atoms. The zero-order chi connectivity index (χ0) is 18.2. The Morgan fingerprint density at radius 2 is 1.84 bits per heavy atom. The number of halogens is 1. The maximum atomic E-state index is 11.8. The van der Waals surface area contributed by atoms with Crippen LogP contribution in [0.5, 0.6) is 0 Å². The van der Waals surface area contributed by atoms with E-state index < -0.39 is 4.92 Å². The fourth-order valence-corrected chi connectivity index (χ4v) is 2.95. The molecule has 2 rings (SSSR count). The third-order valence-corrected chi connectivity index (χ3v) is 4.79. The highest BCUT2D eigenvalue weighted by Crippen LogP contribution is 2.16. The van der Waals surface area contributed by atoms with Crippen molar-refractivity contribution in [3.8, 4) is 0 Å². The van der Waals surface area contributed by atoms with Crippen molar-refractivity contribution in [1.29, 1.82) is 0 Å². The zero-order valence-electron chi connectivity index (χ0n) is 13.4. The Balaban J connectivity index is 1.77. The topological polar surface area (TPSA) is 84.6 Å². The van der Waals surface area contributed by atoms with Crippen LogP contribution in [0.3, 0.4) is 0 Å². The van der Waals surface area contributed by atoms with Crippen molar-refractivity contribution < 1.29 is 9.72 Å². The Hall–Kier alpha value is -2.19. The number of nitro groups is 1. The minimum absolute atomic E-state index is 0.0595. The Labute approximate surface area is 158 Å². The van der Waals surface area contributed by atoms with E-state index in [1.165, 1.54) is 23.9 Å². The molecule has 0 heterocycles. The molecule has 2 aromatic carbocycles. The molecule has 8 heteroatoms. The molecule has 0 spiro atoms. The SMILES string of the molecule is CC(=NNC(=O)CSCc1ccc([N+](=O)[O-])cc1)c1ccc(Br)cc1. The number of nitrogens with zero attached hydrogens (tertiary/aromatic N) is 2. The summed E-state index contributed by atoms with van der Waals surface area (Å²) in [5, 5.41) is 14.7. The molecule has 0 bridgehead atoms. The predicted molar refractivity (Wildman–Crippen MR) is 104 cm³/mol. The van der Waals surface area contributed by atoms with Crippen LogP contribution in [-0.4, -0.2) is 22.3 Å². The number of carbonyl (C=O) groups excluding carboxylic acids is 1. The lowest BCUT2D eigenvalue weighted by Gasteiger charge is -2.04. The third-order valence-electron chi connectivity index (χ3n) is 3.26. The van der Waals surface area contributed by atoms with Crippen molar-refractivity contribution in [2.45, 2.75) is 12.7 Å². The molecule has 0 radical (unpaired) electrons. The number of thioether (sulfide) groups is 1. The first kappa shape index (κ1) is 19.1. The van der Waals surface area contributed by atoms with Crippen LogP contribution < -0.4 is 5.43 Å². The van der Waals surface area contributed by atoms with Gasteiger partial charge in [0.05, 0.1) is 16.4 Å². The number of hydrogen-bond donors (Lipinski definition) is 1. The second kappa shape index (κ2) is 9.33. The molecule has 0 fully saturated rings. The summed E-state index contributed by atoms with van der Waals surface area (Å²) in [6.07, 6.45) is 0. The summed E-state index contributed by atoms with van der Waals surface area (Å²) >= 11 is 4.79. The van der Waals surface area contributed by atoms with E-state index in [0.29, 0.717) is 5.75 Å². The second-order valence-electron chi connectivity index (χ2n) is 5.16.